The van der Waals surface area contributed by atoms with Gasteiger partial charge in [-0.1, -0.05) is 12.1 Å². The average Bonchev–Trinajstić information content (AvgIpc) is 2.70. The van der Waals surface area contributed by atoms with E-state index >= 15 is 0 Å². The third kappa shape index (κ3) is 5.24. The second kappa shape index (κ2) is 9.25. The van der Waals surface area contributed by atoms with Crippen LogP contribution in [-0.4, -0.2) is 40.8 Å². The van der Waals surface area contributed by atoms with Crippen LogP contribution in [0.2, 0.25) is 0 Å². The van der Waals surface area contributed by atoms with E-state index in [1.54, 1.807) is 18.2 Å². The highest BCUT2D eigenvalue weighted by atomic mass is 32.2. The van der Waals surface area contributed by atoms with Gasteiger partial charge in [-0.25, -0.2) is 17.9 Å². The molecule has 0 amide bonds. The Hall–Kier alpha value is -3.04. The molecule has 0 aromatic heterocycles. The number of benzene rings is 2. The molecule has 2 aromatic carbocycles. The Kier molecular flexibility index (Phi) is 7.02. The van der Waals surface area contributed by atoms with Crippen molar-refractivity contribution < 1.29 is 32.5 Å². The first-order valence-electron chi connectivity index (χ1n) is 8.10. The molecule has 0 fully saturated rings. The summed E-state index contributed by atoms with van der Waals surface area (Å²) in [7, 11) is 0.609. The Bertz CT molecular complexity index is 959. The quantitative estimate of drug-likeness (QED) is 0.614. The van der Waals surface area contributed by atoms with E-state index in [0.29, 0.717) is 28.4 Å². The molecule has 0 saturated heterocycles. The van der Waals surface area contributed by atoms with Crippen molar-refractivity contribution in [3.63, 3.8) is 0 Å². The molecule has 150 valence electrons. The van der Waals surface area contributed by atoms with Crippen LogP contribution < -0.4 is 18.9 Å². The lowest BCUT2D eigenvalue weighted by molar-refractivity contribution is -0.131. The van der Waals surface area contributed by atoms with Gasteiger partial charge in [0.1, 0.15) is 0 Å². The minimum Gasteiger partial charge on any atom is -0.493 e. The number of sulfonamides is 1. The lowest BCUT2D eigenvalue weighted by atomic mass is 10.2. The maximum Gasteiger partial charge on any atom is 0.328 e. The van der Waals surface area contributed by atoms with Gasteiger partial charge in [-0.15, -0.1) is 0 Å². The van der Waals surface area contributed by atoms with Crippen LogP contribution >= 0.6 is 0 Å². The van der Waals surface area contributed by atoms with Crippen LogP contribution in [0.4, 0.5) is 0 Å². The van der Waals surface area contributed by atoms with Gasteiger partial charge in [0.2, 0.25) is 15.8 Å². The Balaban J connectivity index is 2.24. The summed E-state index contributed by atoms with van der Waals surface area (Å²) in [6, 6.07) is 9.26. The Morgan fingerprint density at radius 3 is 2.25 bits per heavy atom. The van der Waals surface area contributed by atoms with Gasteiger partial charge in [0.05, 0.1) is 26.2 Å². The molecule has 0 aliphatic rings. The number of nitrogens with one attached hydrogen (secondary N) is 1. The lowest BCUT2D eigenvalue weighted by Gasteiger charge is -2.14. The third-order valence-corrected chi connectivity index (χ3v) is 5.18. The monoisotopic (exact) mass is 407 g/mol. The second-order valence-corrected chi connectivity index (χ2v) is 7.37. The van der Waals surface area contributed by atoms with Gasteiger partial charge in [-0.2, -0.15) is 0 Å². The minimum absolute atomic E-state index is 0.00571. The summed E-state index contributed by atoms with van der Waals surface area (Å²) < 4.78 is 43.4. The first kappa shape index (κ1) is 21.3. The van der Waals surface area contributed by atoms with Crippen LogP contribution in [-0.2, 0) is 21.4 Å². The SMILES string of the molecule is COc1cc(CNS(=O)(=O)c2cccc(C=CC(=O)O)c2)cc(OC)c1OC. The van der Waals surface area contributed by atoms with Crippen molar-refractivity contribution in [3.05, 3.63) is 53.6 Å². The summed E-state index contributed by atoms with van der Waals surface area (Å²) in [5, 5.41) is 8.69. The summed E-state index contributed by atoms with van der Waals surface area (Å²) >= 11 is 0. The topological polar surface area (TPSA) is 111 Å². The number of hydrogen-bond donors (Lipinski definition) is 2. The predicted octanol–water partition coefficient (Wildman–Crippen LogP) is 2.29. The van der Waals surface area contributed by atoms with Crippen molar-refractivity contribution in [1.82, 2.24) is 4.72 Å². The van der Waals surface area contributed by atoms with Crippen LogP contribution in [0.5, 0.6) is 17.2 Å². The molecule has 0 spiro atoms. The largest absolute Gasteiger partial charge is 0.493 e. The molecular formula is C19H21NO7S. The molecule has 0 bridgehead atoms. The van der Waals surface area contributed by atoms with Crippen LogP contribution in [0.15, 0.2) is 47.4 Å². The zero-order chi connectivity index (χ0) is 20.7. The maximum absolute atomic E-state index is 12.6. The number of carboxylic acids is 1. The fourth-order valence-corrected chi connectivity index (χ4v) is 3.52. The lowest BCUT2D eigenvalue weighted by Crippen LogP contribution is -2.23. The van der Waals surface area contributed by atoms with Crippen molar-refractivity contribution in [2.45, 2.75) is 11.4 Å². The molecule has 0 unspecified atom stereocenters. The molecule has 2 N–H and O–H groups in total. The van der Waals surface area contributed by atoms with E-state index < -0.39 is 16.0 Å². The summed E-state index contributed by atoms with van der Waals surface area (Å²) in [4.78, 5) is 10.6. The van der Waals surface area contributed by atoms with E-state index in [9.17, 15) is 13.2 Å². The maximum atomic E-state index is 12.6. The summed E-state index contributed by atoms with van der Waals surface area (Å²) in [6.07, 6.45) is 2.26. The van der Waals surface area contributed by atoms with Gasteiger partial charge in [-0.3, -0.25) is 0 Å². The first-order chi connectivity index (χ1) is 13.3. The van der Waals surface area contributed by atoms with Crippen molar-refractivity contribution in [1.29, 1.82) is 0 Å². The molecule has 2 rings (SSSR count). The molecule has 0 aliphatic heterocycles. The van der Waals surface area contributed by atoms with E-state index in [4.69, 9.17) is 19.3 Å². The van der Waals surface area contributed by atoms with Crippen LogP contribution in [0.1, 0.15) is 11.1 Å². The number of rotatable bonds is 9. The first-order valence-corrected chi connectivity index (χ1v) is 9.58. The number of ether oxygens (including phenoxy) is 3. The highest BCUT2D eigenvalue weighted by Crippen LogP contribution is 2.38. The fourth-order valence-electron chi connectivity index (χ4n) is 2.45. The summed E-state index contributed by atoms with van der Waals surface area (Å²) in [5.41, 5.74) is 1.07. The number of carboxylic acid groups (broad SMARTS) is 1. The van der Waals surface area contributed by atoms with Crippen molar-refractivity contribution in [3.8, 4) is 17.2 Å². The Labute approximate surface area is 163 Å². The van der Waals surface area contributed by atoms with Crippen molar-refractivity contribution in [2.75, 3.05) is 21.3 Å². The molecule has 0 saturated carbocycles. The number of aliphatic carboxylic acids is 1. The normalized spacial score (nSPS) is 11.4. The van der Waals surface area contributed by atoms with Crippen LogP contribution in [0.3, 0.4) is 0 Å². The molecule has 2 aromatic rings. The molecule has 9 heteroatoms. The van der Waals surface area contributed by atoms with Gasteiger partial charge in [0.25, 0.3) is 0 Å². The molecule has 28 heavy (non-hydrogen) atoms. The second-order valence-electron chi connectivity index (χ2n) is 5.60. The van der Waals surface area contributed by atoms with Gasteiger partial charge >= 0.3 is 5.97 Å². The van der Waals surface area contributed by atoms with E-state index in [-0.39, 0.29) is 11.4 Å². The van der Waals surface area contributed by atoms with Gasteiger partial charge < -0.3 is 19.3 Å². The van der Waals surface area contributed by atoms with E-state index in [2.05, 4.69) is 4.72 Å². The standard InChI is InChI=1S/C19H21NO7S/c1-25-16-10-14(11-17(26-2)19(16)27-3)12-20-28(23,24)15-6-4-5-13(9-15)7-8-18(21)22/h4-11,20H,12H2,1-3H3,(H,21,22). The van der Waals surface area contributed by atoms with Gasteiger partial charge in [-0.05, 0) is 41.5 Å². The zero-order valence-corrected chi connectivity index (χ0v) is 16.4. The predicted molar refractivity (Wildman–Crippen MR) is 103 cm³/mol. The molecular weight excluding hydrogens is 386 g/mol. The van der Waals surface area contributed by atoms with E-state index in [0.717, 1.165) is 6.08 Å². The number of hydrogen-bond acceptors (Lipinski definition) is 6. The van der Waals surface area contributed by atoms with Crippen LogP contribution in [0.25, 0.3) is 6.08 Å². The van der Waals surface area contributed by atoms with Gasteiger partial charge in [0, 0.05) is 12.6 Å². The molecule has 0 atom stereocenters. The molecule has 0 heterocycles. The Morgan fingerprint density at radius 2 is 1.71 bits per heavy atom. The molecule has 8 nitrogen and oxygen atoms in total. The smallest absolute Gasteiger partial charge is 0.328 e. The van der Waals surface area contributed by atoms with Crippen LogP contribution in [0, 0.1) is 0 Å². The van der Waals surface area contributed by atoms with Gasteiger partial charge in [0.15, 0.2) is 11.5 Å². The van der Waals surface area contributed by atoms with Crippen molar-refractivity contribution >= 4 is 22.1 Å². The number of methoxy groups -OCH3 is 3. The van der Waals surface area contributed by atoms with E-state index in [1.807, 2.05) is 0 Å². The number of carbonyl (C=O) groups is 1. The third-order valence-electron chi connectivity index (χ3n) is 3.78. The highest BCUT2D eigenvalue weighted by Gasteiger charge is 2.17. The highest BCUT2D eigenvalue weighted by molar-refractivity contribution is 7.89. The molecule has 0 aliphatic carbocycles. The molecule has 0 radical (unpaired) electrons. The average molecular weight is 407 g/mol. The summed E-state index contributed by atoms with van der Waals surface area (Å²) in [6.45, 7) is -0.00571. The fraction of sp³-hybridized carbons (Fsp3) is 0.211. The van der Waals surface area contributed by atoms with E-state index in [1.165, 1.54) is 45.6 Å². The summed E-state index contributed by atoms with van der Waals surface area (Å²) in [5.74, 6) is 0.122. The minimum atomic E-state index is -3.82. The zero-order valence-electron chi connectivity index (χ0n) is 15.6. The van der Waals surface area contributed by atoms with Crippen molar-refractivity contribution in [2.24, 2.45) is 0 Å². The Morgan fingerprint density at radius 1 is 1.07 bits per heavy atom.